The number of nitrogens with zero attached hydrogens (tertiary/aromatic N) is 5. The van der Waals surface area contributed by atoms with Gasteiger partial charge in [0.1, 0.15) is 5.69 Å². The third-order valence-electron chi connectivity index (χ3n) is 4.67. The fourth-order valence-corrected chi connectivity index (χ4v) is 4.59. The summed E-state index contributed by atoms with van der Waals surface area (Å²) in [4.78, 5) is 22.2. The molecule has 3 aromatic rings. The number of thiazole rings is 1. The number of aromatic nitrogens is 3. The van der Waals surface area contributed by atoms with E-state index in [9.17, 15) is 4.79 Å². The van der Waals surface area contributed by atoms with E-state index in [1.54, 1.807) is 22.8 Å². The third kappa shape index (κ3) is 4.74. The second-order valence-corrected chi connectivity index (χ2v) is 8.32. The number of halogens is 2. The number of rotatable bonds is 7. The predicted octanol–water partition coefficient (Wildman–Crippen LogP) is 4.51. The number of benzene rings is 1. The number of anilines is 1. The van der Waals surface area contributed by atoms with Gasteiger partial charge >= 0.3 is 0 Å². The van der Waals surface area contributed by atoms with Crippen LogP contribution in [0.25, 0.3) is 10.2 Å². The molecule has 152 valence electrons. The molecule has 0 atom stereocenters. The van der Waals surface area contributed by atoms with E-state index in [0.717, 1.165) is 45.0 Å². The SMILES string of the molecule is CCN(CC)CCN(C(=O)c1c(C)cnn1C)c1nc2ccc(Br)cc2s1.Cl. The van der Waals surface area contributed by atoms with E-state index in [0.29, 0.717) is 12.2 Å². The van der Waals surface area contributed by atoms with Crippen LogP contribution in [0.3, 0.4) is 0 Å². The van der Waals surface area contributed by atoms with Crippen LogP contribution in [0.15, 0.2) is 28.9 Å². The van der Waals surface area contributed by atoms with Crippen LogP contribution in [0.2, 0.25) is 0 Å². The van der Waals surface area contributed by atoms with Crippen LogP contribution in [-0.4, -0.2) is 51.8 Å². The van der Waals surface area contributed by atoms with E-state index in [2.05, 4.69) is 39.8 Å². The van der Waals surface area contributed by atoms with E-state index in [-0.39, 0.29) is 18.3 Å². The topological polar surface area (TPSA) is 54.3 Å². The van der Waals surface area contributed by atoms with Gasteiger partial charge in [0.15, 0.2) is 5.13 Å². The second-order valence-electron chi connectivity index (χ2n) is 6.39. The van der Waals surface area contributed by atoms with Crippen molar-refractivity contribution in [2.75, 3.05) is 31.1 Å². The highest BCUT2D eigenvalue weighted by Crippen LogP contribution is 2.31. The average molecular weight is 487 g/mol. The zero-order valence-electron chi connectivity index (χ0n) is 16.5. The van der Waals surface area contributed by atoms with Crippen LogP contribution in [-0.2, 0) is 7.05 Å². The summed E-state index contributed by atoms with van der Waals surface area (Å²) in [6, 6.07) is 5.99. The van der Waals surface area contributed by atoms with Crippen molar-refractivity contribution in [3.63, 3.8) is 0 Å². The highest BCUT2D eigenvalue weighted by molar-refractivity contribution is 9.10. The summed E-state index contributed by atoms with van der Waals surface area (Å²) < 4.78 is 3.71. The molecule has 0 unspecified atom stereocenters. The summed E-state index contributed by atoms with van der Waals surface area (Å²) in [5.41, 5.74) is 2.38. The Balaban J connectivity index is 0.00000280. The molecule has 0 fully saturated rings. The molecule has 6 nitrogen and oxygen atoms in total. The molecule has 1 amide bonds. The number of amides is 1. The van der Waals surface area contributed by atoms with Crippen molar-refractivity contribution >= 4 is 60.9 Å². The maximum Gasteiger partial charge on any atom is 0.278 e. The van der Waals surface area contributed by atoms with Gasteiger partial charge in [-0.05, 0) is 43.8 Å². The predicted molar refractivity (Wildman–Crippen MR) is 122 cm³/mol. The molecule has 0 bridgehead atoms. The fourth-order valence-electron chi connectivity index (χ4n) is 3.05. The van der Waals surface area contributed by atoms with Crippen molar-refractivity contribution in [3.05, 3.63) is 40.1 Å². The Bertz CT molecular complexity index is 934. The quantitative estimate of drug-likeness (QED) is 0.493. The largest absolute Gasteiger partial charge is 0.302 e. The zero-order valence-corrected chi connectivity index (χ0v) is 19.7. The van der Waals surface area contributed by atoms with Crippen molar-refractivity contribution in [1.29, 1.82) is 0 Å². The van der Waals surface area contributed by atoms with Gasteiger partial charge in [-0.15, -0.1) is 12.4 Å². The van der Waals surface area contributed by atoms with Gasteiger partial charge in [-0.3, -0.25) is 14.4 Å². The molecule has 3 rings (SSSR count). The van der Waals surface area contributed by atoms with Crippen molar-refractivity contribution < 1.29 is 4.79 Å². The molecule has 0 aliphatic heterocycles. The lowest BCUT2D eigenvalue weighted by Crippen LogP contribution is -2.39. The Morgan fingerprint density at radius 2 is 1.96 bits per heavy atom. The van der Waals surface area contributed by atoms with Crippen LogP contribution >= 0.6 is 39.7 Å². The number of carbonyl (C=O) groups excluding carboxylic acids is 1. The molecule has 0 spiro atoms. The number of carbonyl (C=O) groups is 1. The van der Waals surface area contributed by atoms with E-state index in [1.807, 2.05) is 25.1 Å². The van der Waals surface area contributed by atoms with Gasteiger partial charge < -0.3 is 4.90 Å². The van der Waals surface area contributed by atoms with Gasteiger partial charge in [0.05, 0.1) is 16.4 Å². The van der Waals surface area contributed by atoms with E-state index in [4.69, 9.17) is 4.98 Å². The van der Waals surface area contributed by atoms with Crippen LogP contribution in [0.1, 0.15) is 29.9 Å². The Kier molecular flexibility index (Phi) is 8.00. The Morgan fingerprint density at radius 1 is 1.25 bits per heavy atom. The first-order valence-electron chi connectivity index (χ1n) is 9.03. The molecule has 2 aromatic heterocycles. The summed E-state index contributed by atoms with van der Waals surface area (Å²) in [5, 5.41) is 4.95. The number of hydrogen-bond donors (Lipinski definition) is 0. The first kappa shape index (κ1) is 22.8. The third-order valence-corrected chi connectivity index (χ3v) is 6.21. The Hall–Kier alpha value is -1.48. The van der Waals surface area contributed by atoms with Gasteiger partial charge in [-0.25, -0.2) is 4.98 Å². The maximum absolute atomic E-state index is 13.4. The lowest BCUT2D eigenvalue weighted by molar-refractivity contribution is 0.0974. The lowest BCUT2D eigenvalue weighted by atomic mass is 10.2. The molecule has 9 heteroatoms. The van der Waals surface area contributed by atoms with Gasteiger partial charge in [-0.1, -0.05) is 41.1 Å². The molecule has 0 radical (unpaired) electrons. The van der Waals surface area contributed by atoms with Gasteiger partial charge in [0.25, 0.3) is 5.91 Å². The van der Waals surface area contributed by atoms with Gasteiger partial charge in [0, 0.05) is 24.6 Å². The Morgan fingerprint density at radius 3 is 2.57 bits per heavy atom. The van der Waals surface area contributed by atoms with Crippen molar-refractivity contribution in [2.45, 2.75) is 20.8 Å². The van der Waals surface area contributed by atoms with Crippen LogP contribution in [0.5, 0.6) is 0 Å². The molecular weight excluding hydrogens is 462 g/mol. The van der Waals surface area contributed by atoms with Crippen molar-refractivity contribution in [2.24, 2.45) is 7.05 Å². The van der Waals surface area contributed by atoms with Crippen molar-refractivity contribution in [3.8, 4) is 0 Å². The normalized spacial score (nSPS) is 11.1. The molecule has 0 aliphatic carbocycles. The monoisotopic (exact) mass is 485 g/mol. The highest BCUT2D eigenvalue weighted by Gasteiger charge is 2.25. The molecule has 0 saturated carbocycles. The molecule has 1 aromatic carbocycles. The minimum atomic E-state index is -0.0576. The second kappa shape index (κ2) is 9.82. The molecular formula is C19H25BrClN5OS. The van der Waals surface area contributed by atoms with E-state index in [1.165, 1.54) is 11.3 Å². The molecule has 0 saturated heterocycles. The number of hydrogen-bond acceptors (Lipinski definition) is 5. The van der Waals surface area contributed by atoms with Gasteiger partial charge in [-0.2, -0.15) is 5.10 Å². The van der Waals surface area contributed by atoms with Crippen LogP contribution in [0.4, 0.5) is 5.13 Å². The lowest BCUT2D eigenvalue weighted by Gasteiger charge is -2.25. The van der Waals surface area contributed by atoms with Crippen LogP contribution in [0, 0.1) is 6.92 Å². The summed E-state index contributed by atoms with van der Waals surface area (Å²) in [7, 11) is 1.80. The first-order chi connectivity index (χ1) is 12.9. The van der Waals surface area contributed by atoms with Crippen molar-refractivity contribution in [1.82, 2.24) is 19.7 Å². The molecule has 28 heavy (non-hydrogen) atoms. The summed E-state index contributed by atoms with van der Waals surface area (Å²) >= 11 is 5.05. The van der Waals surface area contributed by atoms with E-state index < -0.39 is 0 Å². The first-order valence-corrected chi connectivity index (χ1v) is 10.6. The highest BCUT2D eigenvalue weighted by atomic mass is 79.9. The molecule has 0 aliphatic rings. The Labute approximate surface area is 184 Å². The number of aryl methyl sites for hydroxylation is 2. The molecule has 0 N–H and O–H groups in total. The average Bonchev–Trinajstić information content (AvgIpc) is 3.20. The van der Waals surface area contributed by atoms with E-state index >= 15 is 0 Å². The van der Waals surface area contributed by atoms with Crippen LogP contribution < -0.4 is 4.90 Å². The summed E-state index contributed by atoms with van der Waals surface area (Å²) in [6.45, 7) is 9.48. The zero-order chi connectivity index (χ0) is 19.6. The fraction of sp³-hybridized carbons (Fsp3) is 0.421. The minimum absolute atomic E-state index is 0. The maximum atomic E-state index is 13.4. The minimum Gasteiger partial charge on any atom is -0.302 e. The number of fused-ring (bicyclic) bond motifs is 1. The summed E-state index contributed by atoms with van der Waals surface area (Å²) in [5.74, 6) is -0.0576. The smallest absolute Gasteiger partial charge is 0.278 e. The number of likely N-dealkylation sites (N-methyl/N-ethyl adjacent to an activating group) is 1. The molecule has 2 heterocycles. The summed E-state index contributed by atoms with van der Waals surface area (Å²) in [6.07, 6.45) is 1.73. The van der Waals surface area contributed by atoms with Gasteiger partial charge in [0.2, 0.25) is 0 Å². The standard InChI is InChI=1S/C19H24BrN5OS.ClH/c1-5-24(6-2)9-10-25(18(26)17-13(3)12-21-23(17)4)19-22-15-8-7-14(20)11-16(15)27-19;/h7-8,11-12H,5-6,9-10H2,1-4H3;1H.